The molecule has 1 aliphatic rings. The molecule has 1 saturated heterocycles. The maximum atomic E-state index is 10.6. The third kappa shape index (κ3) is 1.42. The number of carbonyl (C=O) groups excluding carboxylic acids is 1. The highest BCUT2D eigenvalue weighted by Gasteiger charge is 2.30. The molecule has 1 heterocycles. The molecule has 0 radical (unpaired) electrons. The van der Waals surface area contributed by atoms with Crippen molar-refractivity contribution in [3.05, 3.63) is 0 Å². The maximum Gasteiger partial charge on any atom is 0.246 e. The molecule has 1 rings (SSSR count). The SMILES string of the molecule is CC1(C)CSC(=O)S1. The lowest BCUT2D eigenvalue weighted by Gasteiger charge is -2.10. The first-order valence-corrected chi connectivity index (χ1v) is 4.26. The third-order valence-corrected chi connectivity index (χ3v) is 3.65. The fraction of sp³-hybridized carbons (Fsp3) is 0.800. The van der Waals surface area contributed by atoms with E-state index in [0.717, 1.165) is 5.75 Å². The van der Waals surface area contributed by atoms with Gasteiger partial charge in [0.05, 0.1) is 0 Å². The van der Waals surface area contributed by atoms with Gasteiger partial charge in [0.15, 0.2) is 0 Å². The van der Waals surface area contributed by atoms with Crippen LogP contribution < -0.4 is 0 Å². The molecule has 46 valence electrons. The maximum absolute atomic E-state index is 10.6. The molecule has 0 N–H and O–H groups in total. The van der Waals surface area contributed by atoms with E-state index in [1.807, 2.05) is 0 Å². The second-order valence-corrected chi connectivity index (χ2v) is 5.29. The number of rotatable bonds is 0. The van der Waals surface area contributed by atoms with E-state index in [0.29, 0.717) is 0 Å². The molecule has 0 spiro atoms. The zero-order valence-corrected chi connectivity index (χ0v) is 6.56. The highest BCUT2D eigenvalue weighted by Crippen LogP contribution is 2.40. The summed E-state index contributed by atoms with van der Waals surface area (Å²) in [6.07, 6.45) is 0. The van der Waals surface area contributed by atoms with Crippen molar-refractivity contribution in [1.29, 1.82) is 0 Å². The fourth-order valence-corrected chi connectivity index (χ4v) is 2.94. The van der Waals surface area contributed by atoms with Crippen LogP contribution in [0.25, 0.3) is 0 Å². The van der Waals surface area contributed by atoms with Crippen LogP contribution in [0.4, 0.5) is 4.79 Å². The zero-order chi connectivity index (χ0) is 6.20. The lowest BCUT2D eigenvalue weighted by molar-refractivity contribution is 0.277. The summed E-state index contributed by atoms with van der Waals surface area (Å²) in [6.45, 7) is 4.19. The van der Waals surface area contributed by atoms with Crippen LogP contribution in [0.1, 0.15) is 13.8 Å². The molecule has 0 unspecified atom stereocenters. The number of carbonyl (C=O) groups is 1. The summed E-state index contributed by atoms with van der Waals surface area (Å²) in [7, 11) is 0. The molecule has 8 heavy (non-hydrogen) atoms. The molecule has 0 aromatic carbocycles. The molecule has 0 aromatic rings. The van der Waals surface area contributed by atoms with Gasteiger partial charge in [0, 0.05) is 10.5 Å². The molecule has 1 aliphatic heterocycles. The molecule has 0 aromatic heterocycles. The van der Waals surface area contributed by atoms with Crippen molar-refractivity contribution in [1.82, 2.24) is 0 Å². The Labute approximate surface area is 57.6 Å². The minimum Gasteiger partial charge on any atom is -0.274 e. The van der Waals surface area contributed by atoms with Gasteiger partial charge in [-0.15, -0.1) is 0 Å². The van der Waals surface area contributed by atoms with Gasteiger partial charge in [-0.2, -0.15) is 0 Å². The molecule has 0 bridgehead atoms. The summed E-state index contributed by atoms with van der Waals surface area (Å²) in [5.74, 6) is 0.969. The van der Waals surface area contributed by atoms with Crippen molar-refractivity contribution >= 4 is 28.0 Å². The van der Waals surface area contributed by atoms with Gasteiger partial charge in [0.2, 0.25) is 4.45 Å². The van der Waals surface area contributed by atoms with Crippen LogP contribution in [-0.4, -0.2) is 14.9 Å². The normalized spacial score (nSPS) is 26.5. The summed E-state index contributed by atoms with van der Waals surface area (Å²) in [4.78, 5) is 10.6. The Balaban J connectivity index is 2.56. The van der Waals surface area contributed by atoms with E-state index in [1.54, 1.807) is 0 Å². The lowest BCUT2D eigenvalue weighted by Crippen LogP contribution is -2.11. The van der Waals surface area contributed by atoms with Gasteiger partial charge in [-0.1, -0.05) is 23.5 Å². The summed E-state index contributed by atoms with van der Waals surface area (Å²) >= 11 is 2.87. The van der Waals surface area contributed by atoms with Crippen molar-refractivity contribution in [2.45, 2.75) is 18.6 Å². The molecule has 1 nitrogen and oxygen atoms in total. The molecule has 0 aliphatic carbocycles. The van der Waals surface area contributed by atoms with Crippen molar-refractivity contribution < 1.29 is 4.79 Å². The largest absolute Gasteiger partial charge is 0.274 e. The molecule has 3 heteroatoms. The van der Waals surface area contributed by atoms with Gasteiger partial charge in [-0.05, 0) is 13.8 Å². The van der Waals surface area contributed by atoms with E-state index < -0.39 is 0 Å². The highest BCUT2D eigenvalue weighted by atomic mass is 32.2. The standard InChI is InChI=1S/C5H8OS2/c1-5(2)3-7-4(6)8-5/h3H2,1-2H3. The summed E-state index contributed by atoms with van der Waals surface area (Å²) in [5, 5.41) is 0. The third-order valence-electron chi connectivity index (χ3n) is 0.897. The van der Waals surface area contributed by atoms with Crippen LogP contribution in [0.15, 0.2) is 0 Å². The first-order chi connectivity index (χ1) is 3.60. The molecule has 1 fully saturated rings. The van der Waals surface area contributed by atoms with Crippen LogP contribution >= 0.6 is 23.5 Å². The van der Waals surface area contributed by atoms with Crippen LogP contribution in [0.2, 0.25) is 0 Å². The molecule has 0 saturated carbocycles. The molecular weight excluding hydrogens is 140 g/mol. The predicted octanol–water partition coefficient (Wildman–Crippen LogP) is 2.37. The fourth-order valence-electron chi connectivity index (χ4n) is 0.517. The second-order valence-electron chi connectivity index (χ2n) is 2.40. The first-order valence-electron chi connectivity index (χ1n) is 2.46. The van der Waals surface area contributed by atoms with E-state index in [4.69, 9.17) is 0 Å². The van der Waals surface area contributed by atoms with E-state index in [9.17, 15) is 4.79 Å². The Morgan fingerprint density at radius 2 is 2.25 bits per heavy atom. The van der Waals surface area contributed by atoms with Gasteiger partial charge in [-0.3, -0.25) is 4.79 Å². The topological polar surface area (TPSA) is 17.1 Å². The Hall–Kier alpha value is 0.370. The van der Waals surface area contributed by atoms with E-state index in [-0.39, 0.29) is 9.19 Å². The van der Waals surface area contributed by atoms with Gasteiger partial charge in [0.1, 0.15) is 0 Å². The molecule has 0 atom stereocenters. The number of thioether (sulfide) groups is 2. The van der Waals surface area contributed by atoms with Crippen LogP contribution in [-0.2, 0) is 0 Å². The van der Waals surface area contributed by atoms with Crippen molar-refractivity contribution in [2.24, 2.45) is 0 Å². The number of hydrogen-bond acceptors (Lipinski definition) is 3. The Bertz CT molecular complexity index is 120. The monoisotopic (exact) mass is 148 g/mol. The first kappa shape index (κ1) is 6.49. The average molecular weight is 148 g/mol. The van der Waals surface area contributed by atoms with Gasteiger partial charge in [0.25, 0.3) is 0 Å². The minimum absolute atomic E-state index is 0.196. The lowest BCUT2D eigenvalue weighted by atomic mass is 10.2. The van der Waals surface area contributed by atoms with Gasteiger partial charge in [-0.25, -0.2) is 0 Å². The van der Waals surface area contributed by atoms with Crippen LogP contribution in [0, 0.1) is 0 Å². The minimum atomic E-state index is 0.196. The van der Waals surface area contributed by atoms with Gasteiger partial charge >= 0.3 is 0 Å². The smallest absolute Gasteiger partial charge is 0.246 e. The van der Waals surface area contributed by atoms with Crippen LogP contribution in [0.5, 0.6) is 0 Å². The predicted molar refractivity (Wildman–Crippen MR) is 39.5 cm³/mol. The van der Waals surface area contributed by atoms with Crippen LogP contribution in [0.3, 0.4) is 0 Å². The Kier molecular flexibility index (Phi) is 1.59. The zero-order valence-electron chi connectivity index (χ0n) is 4.93. The summed E-state index contributed by atoms with van der Waals surface area (Å²) in [6, 6.07) is 0. The molecule has 0 amide bonds. The van der Waals surface area contributed by atoms with Crippen molar-refractivity contribution in [3.8, 4) is 0 Å². The second kappa shape index (κ2) is 1.95. The van der Waals surface area contributed by atoms with E-state index in [1.165, 1.54) is 23.5 Å². The van der Waals surface area contributed by atoms with E-state index >= 15 is 0 Å². The number of hydrogen-bond donors (Lipinski definition) is 0. The summed E-state index contributed by atoms with van der Waals surface area (Å²) < 4.78 is 0.469. The van der Waals surface area contributed by atoms with E-state index in [2.05, 4.69) is 13.8 Å². The Morgan fingerprint density at radius 3 is 2.38 bits per heavy atom. The average Bonchev–Trinajstić information content (AvgIpc) is 1.82. The van der Waals surface area contributed by atoms with Crippen molar-refractivity contribution in [2.75, 3.05) is 5.75 Å². The van der Waals surface area contributed by atoms with Crippen molar-refractivity contribution in [3.63, 3.8) is 0 Å². The Morgan fingerprint density at radius 1 is 1.62 bits per heavy atom. The summed E-state index contributed by atoms with van der Waals surface area (Å²) in [5.41, 5.74) is 0. The quantitative estimate of drug-likeness (QED) is 0.525. The molecular formula is C5H8OS2. The van der Waals surface area contributed by atoms with Gasteiger partial charge < -0.3 is 0 Å². The highest BCUT2D eigenvalue weighted by molar-refractivity contribution is 8.41.